The molecule has 3 aromatic rings. The van der Waals surface area contributed by atoms with E-state index in [0.29, 0.717) is 34.4 Å². The number of carbonyl (C=O) groups excluding carboxylic acids is 1. The molecule has 0 fully saturated rings. The molecule has 0 spiro atoms. The monoisotopic (exact) mass is 409 g/mol. The van der Waals surface area contributed by atoms with Crippen molar-refractivity contribution in [2.45, 2.75) is 33.1 Å². The minimum absolute atomic E-state index is 0.0532. The van der Waals surface area contributed by atoms with E-state index >= 15 is 0 Å². The summed E-state index contributed by atoms with van der Waals surface area (Å²) in [5.74, 6) is 1.62. The summed E-state index contributed by atoms with van der Waals surface area (Å²) >= 11 is 0. The Balaban J connectivity index is 1.76. The van der Waals surface area contributed by atoms with Gasteiger partial charge in [0.25, 0.3) is 0 Å². The number of benzene rings is 2. The van der Waals surface area contributed by atoms with Gasteiger partial charge in [0.1, 0.15) is 17.2 Å². The molecule has 30 heavy (non-hydrogen) atoms. The molecule has 158 valence electrons. The van der Waals surface area contributed by atoms with Crippen molar-refractivity contribution in [2.24, 2.45) is 0 Å². The van der Waals surface area contributed by atoms with Gasteiger partial charge in [0.15, 0.2) is 5.82 Å². The van der Waals surface area contributed by atoms with E-state index < -0.39 is 6.03 Å². The molecule has 2 aromatic carbocycles. The molecule has 0 unspecified atom stereocenters. The average Bonchev–Trinajstić information content (AvgIpc) is 3.07. The Morgan fingerprint density at radius 1 is 1.00 bits per heavy atom. The van der Waals surface area contributed by atoms with Gasteiger partial charge in [-0.15, -0.1) is 5.10 Å². The maximum Gasteiger partial charge on any atom is 0.324 e. The summed E-state index contributed by atoms with van der Waals surface area (Å²) in [6, 6.07) is 12.8. The molecule has 0 bridgehead atoms. The second-order valence-electron chi connectivity index (χ2n) is 7.88. The molecule has 0 aliphatic rings. The molecule has 0 saturated heterocycles. The molecule has 1 heterocycles. The Bertz CT molecular complexity index is 1040. The lowest BCUT2D eigenvalue weighted by atomic mass is 9.87. The van der Waals surface area contributed by atoms with Crippen molar-refractivity contribution in [1.29, 1.82) is 0 Å². The van der Waals surface area contributed by atoms with Crippen LogP contribution in [0.2, 0.25) is 0 Å². The highest BCUT2D eigenvalue weighted by Gasteiger charge is 2.17. The number of hydrogen-bond donors (Lipinski definition) is 2. The highest BCUT2D eigenvalue weighted by atomic mass is 16.5. The fourth-order valence-electron chi connectivity index (χ4n) is 2.96. The minimum atomic E-state index is -0.397. The molecular formula is C22H27N5O3. The molecule has 2 amide bonds. The highest BCUT2D eigenvalue weighted by Crippen LogP contribution is 2.29. The number of anilines is 2. The first kappa shape index (κ1) is 21.2. The second kappa shape index (κ2) is 8.44. The van der Waals surface area contributed by atoms with Gasteiger partial charge < -0.3 is 14.8 Å². The summed E-state index contributed by atoms with van der Waals surface area (Å²) in [6.07, 6.45) is 0. The van der Waals surface area contributed by atoms with Crippen LogP contribution in [0.25, 0.3) is 5.69 Å². The van der Waals surface area contributed by atoms with E-state index in [4.69, 9.17) is 9.47 Å². The van der Waals surface area contributed by atoms with E-state index in [9.17, 15) is 4.79 Å². The minimum Gasteiger partial charge on any atom is -0.497 e. The molecule has 8 heteroatoms. The first-order valence-electron chi connectivity index (χ1n) is 9.56. The number of carbonyl (C=O) groups is 1. The number of hydrogen-bond acceptors (Lipinski definition) is 5. The zero-order chi connectivity index (χ0) is 21.9. The summed E-state index contributed by atoms with van der Waals surface area (Å²) in [5, 5.41) is 13.8. The number of ether oxygens (including phenoxy) is 2. The van der Waals surface area contributed by atoms with Gasteiger partial charge in [0.2, 0.25) is 0 Å². The number of nitrogens with one attached hydrogen (secondary N) is 2. The van der Waals surface area contributed by atoms with Gasteiger partial charge in [0.05, 0.1) is 19.9 Å². The van der Waals surface area contributed by atoms with E-state index in [1.807, 2.05) is 31.2 Å². The van der Waals surface area contributed by atoms with E-state index in [1.165, 1.54) is 5.56 Å². The molecule has 0 aliphatic heterocycles. The maximum atomic E-state index is 12.4. The summed E-state index contributed by atoms with van der Waals surface area (Å²) < 4.78 is 12.3. The average molecular weight is 409 g/mol. The number of methoxy groups -OCH3 is 2. The molecule has 2 N–H and O–H groups in total. The third kappa shape index (κ3) is 4.53. The Morgan fingerprint density at radius 3 is 2.30 bits per heavy atom. The zero-order valence-electron chi connectivity index (χ0n) is 18.1. The van der Waals surface area contributed by atoms with Crippen molar-refractivity contribution >= 4 is 17.5 Å². The van der Waals surface area contributed by atoms with E-state index in [2.05, 4.69) is 41.7 Å². The molecule has 1 aromatic heterocycles. The van der Waals surface area contributed by atoms with Crippen LogP contribution in [0.1, 0.15) is 32.0 Å². The fourth-order valence-corrected chi connectivity index (χ4v) is 2.96. The summed E-state index contributed by atoms with van der Waals surface area (Å²) in [4.78, 5) is 12.4. The summed E-state index contributed by atoms with van der Waals surface area (Å²) in [5.41, 5.74) is 3.25. The first-order chi connectivity index (χ1) is 14.2. The number of nitrogens with zero attached hydrogens (tertiary/aromatic N) is 3. The topological polar surface area (TPSA) is 90.3 Å². The van der Waals surface area contributed by atoms with Gasteiger partial charge in [-0.25, -0.2) is 9.48 Å². The summed E-state index contributed by atoms with van der Waals surface area (Å²) in [7, 11) is 3.17. The molecule has 0 atom stereocenters. The van der Waals surface area contributed by atoms with Gasteiger partial charge in [-0.1, -0.05) is 38.1 Å². The SMILES string of the molecule is COc1ccc(OC)c(-n2nnc(NC(=O)Nc3ccc(C(C)(C)C)cc3)c2C)c1. The van der Waals surface area contributed by atoms with Crippen LogP contribution in [-0.2, 0) is 5.41 Å². The lowest BCUT2D eigenvalue weighted by Gasteiger charge is -2.19. The maximum absolute atomic E-state index is 12.4. The van der Waals surface area contributed by atoms with Gasteiger partial charge >= 0.3 is 6.03 Å². The van der Waals surface area contributed by atoms with Crippen molar-refractivity contribution in [3.05, 3.63) is 53.7 Å². The molecule has 0 aliphatic carbocycles. The second-order valence-corrected chi connectivity index (χ2v) is 7.88. The number of urea groups is 1. The van der Waals surface area contributed by atoms with E-state index in [0.717, 1.165) is 0 Å². The lowest BCUT2D eigenvalue weighted by molar-refractivity contribution is 0.262. The fraction of sp³-hybridized carbons (Fsp3) is 0.318. The smallest absolute Gasteiger partial charge is 0.324 e. The van der Waals surface area contributed by atoms with Crippen molar-refractivity contribution in [1.82, 2.24) is 15.0 Å². The third-order valence-corrected chi connectivity index (χ3v) is 4.75. The van der Waals surface area contributed by atoms with Crippen LogP contribution in [0.3, 0.4) is 0 Å². The van der Waals surface area contributed by atoms with Crippen LogP contribution in [0.4, 0.5) is 16.3 Å². The van der Waals surface area contributed by atoms with Crippen molar-refractivity contribution < 1.29 is 14.3 Å². The largest absolute Gasteiger partial charge is 0.497 e. The van der Waals surface area contributed by atoms with E-state index in [-0.39, 0.29) is 5.41 Å². The number of rotatable bonds is 5. The first-order valence-corrected chi connectivity index (χ1v) is 9.56. The van der Waals surface area contributed by atoms with Gasteiger partial charge in [-0.3, -0.25) is 5.32 Å². The van der Waals surface area contributed by atoms with Crippen molar-refractivity contribution in [2.75, 3.05) is 24.9 Å². The standard InChI is InChI=1S/C22H27N5O3/c1-14-20(24-21(28)23-16-9-7-15(8-10-16)22(2,3)4)25-26-27(14)18-13-17(29-5)11-12-19(18)30-6/h7-13H,1-6H3,(H2,23,24,28). The van der Waals surface area contributed by atoms with Crippen LogP contribution in [0.15, 0.2) is 42.5 Å². The highest BCUT2D eigenvalue weighted by molar-refractivity contribution is 5.99. The van der Waals surface area contributed by atoms with E-state index in [1.54, 1.807) is 37.1 Å². The van der Waals surface area contributed by atoms with Crippen LogP contribution in [0.5, 0.6) is 11.5 Å². The van der Waals surface area contributed by atoms with Gasteiger partial charge in [-0.2, -0.15) is 0 Å². The Hall–Kier alpha value is -3.55. The molecule has 8 nitrogen and oxygen atoms in total. The van der Waals surface area contributed by atoms with Gasteiger partial charge in [0, 0.05) is 11.8 Å². The molecular weight excluding hydrogens is 382 g/mol. The van der Waals surface area contributed by atoms with Crippen LogP contribution in [0, 0.1) is 6.92 Å². The predicted molar refractivity (Wildman–Crippen MR) is 117 cm³/mol. The Labute approximate surface area is 176 Å². The van der Waals surface area contributed by atoms with Crippen molar-refractivity contribution in [3.8, 4) is 17.2 Å². The van der Waals surface area contributed by atoms with Crippen LogP contribution < -0.4 is 20.1 Å². The third-order valence-electron chi connectivity index (χ3n) is 4.75. The van der Waals surface area contributed by atoms with Crippen LogP contribution >= 0.6 is 0 Å². The lowest BCUT2D eigenvalue weighted by Crippen LogP contribution is -2.20. The van der Waals surface area contributed by atoms with Crippen LogP contribution in [-0.4, -0.2) is 35.2 Å². The normalized spacial score (nSPS) is 11.1. The molecule has 3 rings (SSSR count). The number of aromatic nitrogens is 3. The number of amides is 2. The molecule has 0 saturated carbocycles. The molecule has 0 radical (unpaired) electrons. The Morgan fingerprint density at radius 2 is 1.70 bits per heavy atom. The van der Waals surface area contributed by atoms with Crippen molar-refractivity contribution in [3.63, 3.8) is 0 Å². The summed E-state index contributed by atoms with van der Waals surface area (Å²) in [6.45, 7) is 8.25. The zero-order valence-corrected chi connectivity index (χ0v) is 18.1. The van der Waals surface area contributed by atoms with Gasteiger partial charge in [-0.05, 0) is 42.2 Å². The quantitative estimate of drug-likeness (QED) is 0.646. The predicted octanol–water partition coefficient (Wildman–Crippen LogP) is 4.53. The Kier molecular flexibility index (Phi) is 5.96.